The first kappa shape index (κ1) is 111. The summed E-state index contributed by atoms with van der Waals surface area (Å²) in [5, 5.41) is 61.4. The van der Waals surface area contributed by atoms with Gasteiger partial charge in [-0.25, -0.2) is 86.0 Å². The van der Waals surface area contributed by atoms with E-state index in [-0.39, 0.29) is 140 Å². The Bertz CT molecular complexity index is 6610. The Hall–Kier alpha value is -10.7. The number of carboxylic acids is 4. The molecule has 16 rings (SSSR count). The van der Waals surface area contributed by atoms with Crippen LogP contribution in [0.5, 0.6) is 0 Å². The van der Waals surface area contributed by atoms with E-state index in [9.17, 15) is 106 Å². The number of hydrogen-bond acceptors (Lipinski definition) is 40. The number of nitrogens with one attached hydrogen (secondary N) is 4. The van der Waals surface area contributed by atoms with Crippen molar-refractivity contribution in [1.82, 2.24) is 60.8 Å². The van der Waals surface area contributed by atoms with E-state index in [1.807, 2.05) is 0 Å². The molecule has 0 bridgehead atoms. The van der Waals surface area contributed by atoms with E-state index >= 15 is 0 Å². The lowest BCUT2D eigenvalue weighted by Crippen LogP contribution is -2.62. The van der Waals surface area contributed by atoms with Crippen molar-refractivity contribution in [2.75, 3.05) is 125 Å². The third-order valence-electron chi connectivity index (χ3n) is 23.3. The first-order valence-corrected chi connectivity index (χ1v) is 57.4. The van der Waals surface area contributed by atoms with Gasteiger partial charge < -0.3 is 60.6 Å². The number of thiazole rings is 4. The molecule has 12 heterocycles. The van der Waals surface area contributed by atoms with Gasteiger partial charge in [-0.15, -0.1) is 45.3 Å². The van der Waals surface area contributed by atoms with Gasteiger partial charge in [0.1, 0.15) is 65.3 Å². The van der Waals surface area contributed by atoms with Gasteiger partial charge in [-0.05, 0) is 94.3 Å². The number of esters is 4. The Balaban J connectivity index is 0.000000162. The number of carbonyl (C=O) groups is 8. The van der Waals surface area contributed by atoms with Gasteiger partial charge in [0.25, 0.3) is 0 Å². The quantitative estimate of drug-likeness (QED) is 0.0167. The summed E-state index contributed by atoms with van der Waals surface area (Å²) in [6.45, 7) is 7.74. The van der Waals surface area contributed by atoms with Crippen molar-refractivity contribution in [1.29, 1.82) is 0 Å². The molecule has 4 aromatic heterocycles. The topological polar surface area (TPSA) is 553 Å². The van der Waals surface area contributed by atoms with Gasteiger partial charge in [0.2, 0.25) is 0 Å². The minimum atomic E-state index is -3.58. The molecule has 8 aliphatic rings. The third-order valence-corrected chi connectivity index (χ3v) is 35.4. The van der Waals surface area contributed by atoms with E-state index in [1.54, 1.807) is 86.1 Å². The normalized spacial score (nSPS) is 22.5. The van der Waals surface area contributed by atoms with Gasteiger partial charge in [0.15, 0.2) is 82.7 Å². The summed E-state index contributed by atoms with van der Waals surface area (Å²) in [6.07, 6.45) is 6.36. The maximum atomic E-state index is 13.9. The molecule has 56 heteroatoms. The van der Waals surface area contributed by atoms with Crippen molar-refractivity contribution in [3.8, 4) is 0 Å². The number of benzene rings is 4. The molecular formula is C89H90Br2Cl3F3N16O24S8. The number of nitrogens with zero attached hydrogens (tertiary/aromatic N) is 12. The van der Waals surface area contributed by atoms with Crippen molar-refractivity contribution in [3.05, 3.63) is 248 Å². The summed E-state index contributed by atoms with van der Waals surface area (Å²) >= 11 is 30.9. The number of hydrogen-bond donors (Lipinski definition) is 8. The maximum Gasteiger partial charge on any atom is 0.338 e. The number of aliphatic imine (C=N–C) groups is 4. The van der Waals surface area contributed by atoms with Crippen LogP contribution < -0.4 is 21.3 Å². The zero-order valence-electron chi connectivity index (χ0n) is 76.8. The fourth-order valence-electron chi connectivity index (χ4n) is 16.4. The van der Waals surface area contributed by atoms with Crippen molar-refractivity contribution in [2.24, 2.45) is 20.0 Å². The second-order valence-electron chi connectivity index (χ2n) is 32.9. The Labute approximate surface area is 875 Å². The zero-order chi connectivity index (χ0) is 105. The highest BCUT2D eigenvalue weighted by atomic mass is 79.9. The molecule has 8 unspecified atom stereocenters. The number of aliphatic carboxylic acids is 4. The lowest BCUT2D eigenvalue weighted by atomic mass is 9.94. The number of ether oxygens (including phenoxy) is 4. The molecule has 0 amide bonds. The Kier molecular flexibility index (Phi) is 36.9. The molecule has 0 saturated carbocycles. The van der Waals surface area contributed by atoms with Crippen molar-refractivity contribution in [2.45, 2.75) is 82.5 Å². The summed E-state index contributed by atoms with van der Waals surface area (Å²) in [4.78, 5) is 143. The molecule has 4 fully saturated rings. The van der Waals surface area contributed by atoms with Crippen molar-refractivity contribution >= 4 is 222 Å². The van der Waals surface area contributed by atoms with E-state index in [0.717, 1.165) is 6.07 Å². The molecule has 4 saturated heterocycles. The summed E-state index contributed by atoms with van der Waals surface area (Å²) < 4.78 is 161. The average molecular weight is 2350 g/mol. The second-order valence-corrected chi connectivity index (χ2v) is 48.3. The van der Waals surface area contributed by atoms with E-state index < -0.39 is 175 Å². The molecule has 8 atom stereocenters. The van der Waals surface area contributed by atoms with E-state index in [2.05, 4.69) is 78.1 Å². The van der Waals surface area contributed by atoms with Crippen LogP contribution in [0.25, 0.3) is 0 Å². The monoisotopic (exact) mass is 2340 g/mol. The molecule has 0 spiro atoms. The lowest BCUT2D eigenvalue weighted by Gasteiger charge is -2.42. The first-order valence-electron chi connectivity index (χ1n) is 43.8. The van der Waals surface area contributed by atoms with E-state index in [0.29, 0.717) is 96.7 Å². The lowest BCUT2D eigenvalue weighted by molar-refractivity contribution is -0.149. The smallest absolute Gasteiger partial charge is 0.338 e. The first-order chi connectivity index (χ1) is 68.7. The van der Waals surface area contributed by atoms with E-state index in [4.69, 9.17) is 68.7 Å². The fraction of sp³-hybridized carbons (Fsp3) is 0.371. The third kappa shape index (κ3) is 27.3. The molecule has 145 heavy (non-hydrogen) atoms. The number of carbonyl (C=O) groups excluding carboxylic acids is 4. The standard InChI is InChI=1S/C23H24BrFN4O6S2.C22H22BrFN4O6S2.C22H22Cl2N4O6S2.C22H22ClFN4O6S2/c1-3-35-21(30)17-16(11-29-7-9-37(33,34)12-23(29,2)22(31)32)27-19(20-26-6-8-36-20)28-18(17)14-5-4-13(25)10-15(14)24;1-2-34-22(31)17-15(10-28-6-8-36(32,33)11-16(28)21(29)30)26-19(20-25-5-7-35-20)27-18(17)13-4-3-12(24)9-14(13)23;1-2-34-22(31)17-15(10-28-6-8-36(32,33)11-16(28)21(29)30)26-19(20-25-5-7-35-20)27-18(17)13-4-3-12(23)9-14(13)24;1-2-34-22(31)17-15(10-28-6-8-36(32,33)11-16(28)21(29)30)26-19(20-25-5-7-35-20)27-18(17)13-4-3-12(24)9-14(13)23/h4-6,8,10,18H,3,7,9,11-12H2,1-2H3,(H,27,28)(H,31,32);3*3-5,7,9,16,18H,2,6,8,10-11H2,1H3,(H,26,27)(H,29,30). The predicted octanol–water partition coefficient (Wildman–Crippen LogP) is 9.23. The van der Waals surface area contributed by atoms with Gasteiger partial charge in [-0.3, -0.25) is 58.7 Å². The number of sulfone groups is 4. The van der Waals surface area contributed by atoms with Crippen molar-refractivity contribution in [3.63, 3.8) is 0 Å². The van der Waals surface area contributed by atoms with Crippen LogP contribution in [0.15, 0.2) is 193 Å². The minimum absolute atomic E-state index is 0.0172. The molecule has 8 N–H and O–H groups in total. The van der Waals surface area contributed by atoms with Crippen LogP contribution in [0.4, 0.5) is 13.2 Å². The van der Waals surface area contributed by atoms with Gasteiger partial charge >= 0.3 is 47.8 Å². The molecule has 774 valence electrons. The minimum Gasteiger partial charge on any atom is -0.480 e. The van der Waals surface area contributed by atoms with Crippen LogP contribution >= 0.6 is 112 Å². The fourth-order valence-corrected chi connectivity index (χ4v) is 27.0. The number of rotatable bonds is 28. The zero-order valence-corrected chi connectivity index (χ0v) is 88.8. The largest absolute Gasteiger partial charge is 0.480 e. The van der Waals surface area contributed by atoms with E-state index in [1.165, 1.54) is 126 Å². The highest BCUT2D eigenvalue weighted by Crippen LogP contribution is 2.44. The van der Waals surface area contributed by atoms with Gasteiger partial charge in [0, 0.05) is 157 Å². The van der Waals surface area contributed by atoms with Crippen LogP contribution in [0.2, 0.25) is 15.1 Å². The summed E-state index contributed by atoms with van der Waals surface area (Å²) in [5.74, 6) is -11.1. The van der Waals surface area contributed by atoms with Crippen LogP contribution in [-0.2, 0) is 96.7 Å². The Morgan fingerprint density at radius 3 is 0.972 bits per heavy atom. The second kappa shape index (κ2) is 48.0. The highest BCUT2D eigenvalue weighted by molar-refractivity contribution is 9.10. The van der Waals surface area contributed by atoms with Crippen molar-refractivity contribution < 1.29 is 125 Å². The molecular weight excluding hydrogens is 2260 g/mol. The van der Waals surface area contributed by atoms with Crippen LogP contribution in [0, 0.1) is 17.5 Å². The molecule has 4 aromatic carbocycles. The number of aromatic nitrogens is 4. The molecule has 40 nitrogen and oxygen atoms in total. The van der Waals surface area contributed by atoms with Crippen LogP contribution in [0.1, 0.15) is 101 Å². The van der Waals surface area contributed by atoms with Crippen LogP contribution in [-0.4, -0.2) is 313 Å². The number of amidine groups is 4. The van der Waals surface area contributed by atoms with Gasteiger partial charge in [0.05, 0.1) is 94.7 Å². The average Bonchev–Trinajstić information content (AvgIpc) is 1.44. The summed E-state index contributed by atoms with van der Waals surface area (Å²) in [7, 11) is -14.2. The molecule has 0 radical (unpaired) electrons. The summed E-state index contributed by atoms with van der Waals surface area (Å²) in [5.41, 5.74) is 1.70. The SMILES string of the molecule is CCOC(=O)C1=C(CN2CCS(=O)(=O)CC2(C)C(=O)O)NC(c2nccs2)=NC1c1ccc(F)cc1Br.CCOC(=O)C1=C(CN2CCS(=O)(=O)CC2C(=O)O)NC(c2nccs2)=NC1c1ccc(Cl)cc1Cl.CCOC(=O)C1=C(CN2CCS(=O)(=O)CC2C(=O)O)NC(c2nccs2)=NC1c1ccc(F)cc1Br.CCOC(=O)C1=C(CN2CCS(=O)(=O)CC2C(=O)O)NC(c2nccs2)=NC1c1ccc(F)cc1Cl. The number of halogens is 8. The van der Waals surface area contributed by atoms with Gasteiger partial charge in [-0.2, -0.15) is 0 Å². The molecule has 8 aliphatic heterocycles. The molecule has 8 aromatic rings. The summed E-state index contributed by atoms with van der Waals surface area (Å²) in [6, 6.07) is 8.92. The highest BCUT2D eigenvalue weighted by Gasteiger charge is 2.50. The van der Waals surface area contributed by atoms with Gasteiger partial charge in [-0.1, -0.05) is 90.9 Å². The number of carboxylic acid groups (broad SMARTS) is 4. The maximum absolute atomic E-state index is 13.9. The van der Waals surface area contributed by atoms with Crippen LogP contribution in [0.3, 0.4) is 0 Å². The Morgan fingerprint density at radius 1 is 0.414 bits per heavy atom. The Morgan fingerprint density at radius 2 is 0.697 bits per heavy atom. The molecule has 0 aliphatic carbocycles. The predicted molar refractivity (Wildman–Crippen MR) is 540 cm³/mol.